The van der Waals surface area contributed by atoms with Crippen molar-refractivity contribution in [2.75, 3.05) is 11.4 Å². The van der Waals surface area contributed by atoms with Crippen LogP contribution >= 0.6 is 0 Å². The Kier molecular flexibility index (Phi) is 5.29. The lowest BCUT2D eigenvalue weighted by molar-refractivity contribution is -0.118. The summed E-state index contributed by atoms with van der Waals surface area (Å²) < 4.78 is 55.2. The maximum atomic E-state index is 13.6. The highest BCUT2D eigenvalue weighted by atomic mass is 32.2. The van der Waals surface area contributed by atoms with Crippen molar-refractivity contribution in [3.05, 3.63) is 59.2 Å². The number of hydrogen-bond acceptors (Lipinski definition) is 3. The Bertz CT molecular complexity index is 1040. The van der Waals surface area contributed by atoms with Crippen molar-refractivity contribution in [2.24, 2.45) is 0 Å². The van der Waals surface area contributed by atoms with E-state index in [4.69, 9.17) is 0 Å². The maximum absolute atomic E-state index is 13.6. The standard InChI is InChI=1S/C20H22F2N2O3S/c1-4-19(25)24-10-9-13-5-7-15(12-18(13)24)28(26,27)23-20(2,3)14-6-8-16(21)17(22)11-14/h5-8,11-12,23H,4,9-10H2,1-3H3. The zero-order valence-corrected chi connectivity index (χ0v) is 16.7. The van der Waals surface area contributed by atoms with Gasteiger partial charge in [0.05, 0.1) is 10.4 Å². The van der Waals surface area contributed by atoms with Gasteiger partial charge in [0.15, 0.2) is 11.6 Å². The van der Waals surface area contributed by atoms with E-state index in [1.165, 1.54) is 18.2 Å². The fourth-order valence-electron chi connectivity index (χ4n) is 3.31. The molecule has 1 aliphatic heterocycles. The van der Waals surface area contributed by atoms with Gasteiger partial charge < -0.3 is 4.90 Å². The normalized spacial score (nSPS) is 14.2. The van der Waals surface area contributed by atoms with Crippen molar-refractivity contribution in [2.45, 2.75) is 44.0 Å². The van der Waals surface area contributed by atoms with Crippen molar-refractivity contribution < 1.29 is 22.0 Å². The van der Waals surface area contributed by atoms with Crippen molar-refractivity contribution in [1.29, 1.82) is 0 Å². The number of amides is 1. The molecule has 0 radical (unpaired) electrons. The van der Waals surface area contributed by atoms with Gasteiger partial charge in [-0.05, 0) is 55.7 Å². The molecule has 2 aromatic carbocycles. The smallest absolute Gasteiger partial charge is 0.241 e. The van der Waals surface area contributed by atoms with E-state index in [1.807, 2.05) is 0 Å². The molecule has 5 nitrogen and oxygen atoms in total. The minimum atomic E-state index is -3.97. The number of hydrogen-bond donors (Lipinski definition) is 1. The summed E-state index contributed by atoms with van der Waals surface area (Å²) in [5.74, 6) is -2.11. The lowest BCUT2D eigenvalue weighted by Gasteiger charge is -2.27. The molecule has 150 valence electrons. The third kappa shape index (κ3) is 3.79. The Balaban J connectivity index is 1.93. The molecule has 1 N–H and O–H groups in total. The largest absolute Gasteiger partial charge is 0.312 e. The molecule has 0 aliphatic carbocycles. The van der Waals surface area contributed by atoms with E-state index in [1.54, 1.807) is 31.7 Å². The fourth-order valence-corrected chi connectivity index (χ4v) is 4.74. The molecule has 0 aromatic heterocycles. The first-order valence-corrected chi connectivity index (χ1v) is 10.5. The van der Waals surface area contributed by atoms with E-state index >= 15 is 0 Å². The number of nitrogens with one attached hydrogen (secondary N) is 1. The first-order chi connectivity index (χ1) is 13.0. The van der Waals surface area contributed by atoms with Crippen LogP contribution in [0.1, 0.15) is 38.3 Å². The van der Waals surface area contributed by atoms with Gasteiger partial charge in [-0.3, -0.25) is 4.79 Å². The van der Waals surface area contributed by atoms with Gasteiger partial charge in [-0.25, -0.2) is 21.9 Å². The summed E-state index contributed by atoms with van der Waals surface area (Å²) in [4.78, 5) is 13.7. The van der Waals surface area contributed by atoms with Gasteiger partial charge >= 0.3 is 0 Å². The van der Waals surface area contributed by atoms with Gasteiger partial charge in [0.25, 0.3) is 0 Å². The molecule has 1 amide bonds. The van der Waals surface area contributed by atoms with Crippen LogP contribution in [-0.4, -0.2) is 20.9 Å². The summed E-state index contributed by atoms with van der Waals surface area (Å²) in [6.45, 7) is 5.42. The Morgan fingerprint density at radius 3 is 2.50 bits per heavy atom. The van der Waals surface area contributed by atoms with E-state index < -0.39 is 27.2 Å². The van der Waals surface area contributed by atoms with E-state index in [0.717, 1.165) is 17.7 Å². The quantitative estimate of drug-likeness (QED) is 0.824. The van der Waals surface area contributed by atoms with Crippen LogP contribution < -0.4 is 9.62 Å². The molecule has 2 aromatic rings. The first-order valence-electron chi connectivity index (χ1n) is 8.98. The molecule has 0 atom stereocenters. The second kappa shape index (κ2) is 7.25. The molecule has 0 fully saturated rings. The van der Waals surface area contributed by atoms with Crippen LogP contribution in [0, 0.1) is 11.6 Å². The molecule has 1 aliphatic rings. The molecule has 0 spiro atoms. The van der Waals surface area contributed by atoms with E-state index in [-0.39, 0.29) is 10.8 Å². The average Bonchev–Trinajstić information content (AvgIpc) is 3.05. The molecular weight excluding hydrogens is 386 g/mol. The Labute approximate surface area is 163 Å². The zero-order chi connectivity index (χ0) is 20.7. The first kappa shape index (κ1) is 20.4. The fraction of sp³-hybridized carbons (Fsp3) is 0.350. The number of anilines is 1. The third-order valence-corrected chi connectivity index (χ3v) is 6.55. The number of halogens is 2. The lowest BCUT2D eigenvalue weighted by atomic mass is 9.96. The summed E-state index contributed by atoms with van der Waals surface area (Å²) in [6.07, 6.45) is 1.01. The second-order valence-corrected chi connectivity index (χ2v) is 8.98. The van der Waals surface area contributed by atoms with Crippen LogP contribution in [0.4, 0.5) is 14.5 Å². The highest BCUT2D eigenvalue weighted by molar-refractivity contribution is 7.89. The number of fused-ring (bicyclic) bond motifs is 1. The Morgan fingerprint density at radius 1 is 1.14 bits per heavy atom. The topological polar surface area (TPSA) is 66.5 Å². The van der Waals surface area contributed by atoms with Gasteiger partial charge in [0, 0.05) is 18.7 Å². The highest BCUT2D eigenvalue weighted by Gasteiger charge is 2.31. The van der Waals surface area contributed by atoms with E-state index in [2.05, 4.69) is 4.72 Å². The average molecular weight is 408 g/mol. The number of carbonyl (C=O) groups is 1. The minimum Gasteiger partial charge on any atom is -0.312 e. The summed E-state index contributed by atoms with van der Waals surface area (Å²) in [6, 6.07) is 7.96. The SMILES string of the molecule is CCC(=O)N1CCc2ccc(S(=O)(=O)NC(C)(C)c3ccc(F)c(F)c3)cc21. The number of rotatable bonds is 5. The predicted molar refractivity (Wildman–Crippen MR) is 102 cm³/mol. The zero-order valence-electron chi connectivity index (χ0n) is 15.9. The van der Waals surface area contributed by atoms with Crippen molar-refractivity contribution in [3.63, 3.8) is 0 Å². The maximum Gasteiger partial charge on any atom is 0.241 e. The number of carbonyl (C=O) groups excluding carboxylic acids is 1. The van der Waals surface area contributed by atoms with Gasteiger partial charge in [0.2, 0.25) is 15.9 Å². The van der Waals surface area contributed by atoms with Crippen molar-refractivity contribution >= 4 is 21.6 Å². The Morgan fingerprint density at radius 2 is 1.86 bits per heavy atom. The minimum absolute atomic E-state index is 0.0118. The molecule has 28 heavy (non-hydrogen) atoms. The Hall–Kier alpha value is -2.32. The highest BCUT2D eigenvalue weighted by Crippen LogP contribution is 2.32. The lowest BCUT2D eigenvalue weighted by Crippen LogP contribution is -2.41. The number of benzene rings is 2. The van der Waals surface area contributed by atoms with Crippen molar-refractivity contribution in [3.8, 4) is 0 Å². The summed E-state index contributed by atoms with van der Waals surface area (Å²) >= 11 is 0. The van der Waals surface area contributed by atoms with Gasteiger partial charge in [-0.15, -0.1) is 0 Å². The summed E-state index contributed by atoms with van der Waals surface area (Å²) in [7, 11) is -3.97. The predicted octanol–water partition coefficient (Wildman–Crippen LogP) is 3.48. The van der Waals surface area contributed by atoms with E-state index in [9.17, 15) is 22.0 Å². The monoisotopic (exact) mass is 408 g/mol. The van der Waals surface area contributed by atoms with Gasteiger partial charge in [-0.2, -0.15) is 0 Å². The molecule has 1 heterocycles. The van der Waals surface area contributed by atoms with Crippen LogP contribution in [0.25, 0.3) is 0 Å². The second-order valence-electron chi connectivity index (χ2n) is 7.30. The molecule has 0 saturated carbocycles. The third-order valence-electron chi connectivity index (χ3n) is 4.90. The van der Waals surface area contributed by atoms with Crippen LogP contribution in [0.5, 0.6) is 0 Å². The van der Waals surface area contributed by atoms with Gasteiger partial charge in [-0.1, -0.05) is 19.1 Å². The van der Waals surface area contributed by atoms with Crippen LogP contribution in [0.15, 0.2) is 41.3 Å². The number of sulfonamides is 1. The summed E-state index contributed by atoms with van der Waals surface area (Å²) in [5.41, 5.74) is 0.630. The molecule has 0 unspecified atom stereocenters. The van der Waals surface area contributed by atoms with Crippen LogP contribution in [0.3, 0.4) is 0 Å². The van der Waals surface area contributed by atoms with Crippen LogP contribution in [0.2, 0.25) is 0 Å². The van der Waals surface area contributed by atoms with Crippen molar-refractivity contribution in [1.82, 2.24) is 4.72 Å². The molecular formula is C20H22F2N2O3S. The molecule has 3 rings (SSSR count). The van der Waals surface area contributed by atoms with Crippen LogP contribution in [-0.2, 0) is 26.8 Å². The number of nitrogens with zero attached hydrogens (tertiary/aromatic N) is 1. The van der Waals surface area contributed by atoms with E-state index in [0.29, 0.717) is 30.6 Å². The molecule has 8 heteroatoms. The van der Waals surface area contributed by atoms with Gasteiger partial charge in [0.1, 0.15) is 0 Å². The summed E-state index contributed by atoms with van der Waals surface area (Å²) in [5, 5.41) is 0. The molecule has 0 saturated heterocycles. The molecule has 0 bridgehead atoms.